The zero-order valence-corrected chi connectivity index (χ0v) is 17.2. The molecule has 127 valence electrons. The summed E-state index contributed by atoms with van der Waals surface area (Å²) in [6.07, 6.45) is 3.54. The largest absolute Gasteiger partial charge is 0.504 e. The maximum absolute atomic E-state index is 4.69. The van der Waals surface area contributed by atoms with Crippen LogP contribution in [0.1, 0.15) is 44.4 Å². The van der Waals surface area contributed by atoms with Gasteiger partial charge in [-0.3, -0.25) is 0 Å². The Bertz CT molecular complexity index is 531. The van der Waals surface area contributed by atoms with Crippen molar-refractivity contribution < 1.29 is 23.0 Å². The van der Waals surface area contributed by atoms with Crippen LogP contribution in [0.2, 0.25) is 0 Å². The van der Waals surface area contributed by atoms with Crippen molar-refractivity contribution >= 4 is 0 Å². The molecule has 21 heavy (non-hydrogen) atoms. The molecule has 2 aliphatic rings. The van der Waals surface area contributed by atoms with E-state index in [1.165, 1.54) is 22.4 Å². The van der Waals surface area contributed by atoms with Gasteiger partial charge in [0.05, 0.1) is 0 Å². The van der Waals surface area contributed by atoms with Gasteiger partial charge in [0.15, 0.2) is 0 Å². The van der Waals surface area contributed by atoms with Gasteiger partial charge in [-0.15, -0.1) is 11.1 Å². The zero-order chi connectivity index (χ0) is 13.6. The van der Waals surface area contributed by atoms with E-state index in [-0.39, 0.29) is 37.8 Å². The molecule has 2 nitrogen and oxygen atoms in total. The molecule has 1 atom stereocenters. The summed E-state index contributed by atoms with van der Waals surface area (Å²) in [7, 11) is 2.08. The van der Waals surface area contributed by atoms with Crippen LogP contribution in [0.5, 0.6) is 0 Å². The topological polar surface area (TPSA) is 17.3 Å². The maximum atomic E-state index is 4.69. The third kappa shape index (κ3) is 3.70. The first-order chi connectivity index (χ1) is 8.34. The van der Waals surface area contributed by atoms with Gasteiger partial charge < -0.3 is 25.1 Å². The summed E-state index contributed by atoms with van der Waals surface area (Å²) in [5, 5.41) is 4.69. The van der Waals surface area contributed by atoms with Gasteiger partial charge in [0.2, 0.25) is 0 Å². The van der Waals surface area contributed by atoms with Gasteiger partial charge in [-0.2, -0.15) is 23.0 Å². The normalized spacial score (nSPS) is 24.8. The Morgan fingerprint density at radius 2 is 1.62 bits per heavy atom. The molecule has 1 radical (unpaired) electrons. The standard InChI is InChI=1S/C16H22N2.2CH3.Ir.2H2/c1-9-8-15(12(4)11(3)10(9)2)16-17-13(5)14(6)18(16)7;;;;;/h10H,1-7H3;2*1H3;;2*1H/q-2;2*-1;;;/i;;;;2*1+1. The molecule has 0 bridgehead atoms. The Kier molecular flexibility index (Phi) is 8.57. The smallest absolute Gasteiger partial charge is 0 e. The molecular weight excluding hydrogens is 436 g/mol. The number of hydrogen-bond acceptors (Lipinski definition) is 1. The van der Waals surface area contributed by atoms with Gasteiger partial charge in [0, 0.05) is 23.0 Å². The van der Waals surface area contributed by atoms with Crippen molar-refractivity contribution in [3.63, 3.8) is 0 Å². The van der Waals surface area contributed by atoms with Crippen LogP contribution in [0.3, 0.4) is 0 Å². The summed E-state index contributed by atoms with van der Waals surface area (Å²) in [4.78, 5) is 2.16. The van der Waals surface area contributed by atoms with E-state index in [4.69, 9.17) is 5.32 Å². The van der Waals surface area contributed by atoms with Gasteiger partial charge in [0.1, 0.15) is 0 Å². The zero-order valence-electron chi connectivity index (χ0n) is 14.8. The summed E-state index contributed by atoms with van der Waals surface area (Å²) < 4.78 is 0. The average Bonchev–Trinajstić information content (AvgIpc) is 2.59. The quantitative estimate of drug-likeness (QED) is 0.403. The average molecular weight is 471 g/mol. The third-order valence-corrected chi connectivity index (χ3v) is 4.43. The number of allylic oxidation sites excluding steroid dienone is 7. The molecule has 0 aromatic heterocycles. The maximum Gasteiger partial charge on any atom is 0 e. The molecule has 1 unspecified atom stereocenters. The summed E-state index contributed by atoms with van der Waals surface area (Å²) in [6, 6.07) is 0. The van der Waals surface area contributed by atoms with Crippen LogP contribution in [-0.4, -0.2) is 11.9 Å². The van der Waals surface area contributed by atoms with Crippen LogP contribution in [0.15, 0.2) is 39.5 Å². The second-order valence-electron chi connectivity index (χ2n) is 5.38. The van der Waals surface area contributed by atoms with Crippen LogP contribution >= 0.6 is 0 Å². The first kappa shape index (κ1) is 22.5. The first-order valence-electron chi connectivity index (χ1n) is 6.50. The second-order valence-corrected chi connectivity index (χ2v) is 5.38. The van der Waals surface area contributed by atoms with Crippen molar-refractivity contribution in [3.05, 3.63) is 65.8 Å². The summed E-state index contributed by atoms with van der Waals surface area (Å²) in [6.45, 7) is 13.0. The Hall–Kier alpha value is -0.791. The Morgan fingerprint density at radius 3 is 2.05 bits per heavy atom. The fraction of sp³-hybridized carbons (Fsp3) is 0.444. The predicted octanol–water partition coefficient (Wildman–Crippen LogP) is 5.89. The third-order valence-electron chi connectivity index (χ3n) is 4.43. The summed E-state index contributed by atoms with van der Waals surface area (Å²) in [5.74, 6) is 1.53. The fourth-order valence-electron chi connectivity index (χ4n) is 2.41. The summed E-state index contributed by atoms with van der Waals surface area (Å²) in [5.41, 5.74) is 7.53. The second kappa shape index (κ2) is 8.00. The molecule has 0 saturated heterocycles. The van der Waals surface area contributed by atoms with E-state index < -0.39 is 0 Å². The van der Waals surface area contributed by atoms with E-state index in [0.717, 1.165) is 17.1 Å². The Labute approximate surface area is 148 Å². The fourth-order valence-corrected chi connectivity index (χ4v) is 2.41. The molecule has 0 amide bonds. The Morgan fingerprint density at radius 1 is 1.10 bits per heavy atom. The molecule has 2 rings (SSSR count). The minimum absolute atomic E-state index is 0. The number of hydrogen-bond donors (Lipinski definition) is 0. The van der Waals surface area contributed by atoms with E-state index in [1.54, 1.807) is 0 Å². The van der Waals surface area contributed by atoms with Gasteiger partial charge in [-0.05, 0) is 19.8 Å². The van der Waals surface area contributed by atoms with Gasteiger partial charge >= 0.3 is 0 Å². The molecule has 0 N–H and O–H groups in total. The van der Waals surface area contributed by atoms with Crippen molar-refractivity contribution in [2.45, 2.75) is 41.5 Å². The minimum atomic E-state index is 0. The monoisotopic (exact) mass is 471 g/mol. The van der Waals surface area contributed by atoms with Gasteiger partial charge in [0.25, 0.3) is 0 Å². The molecule has 0 saturated carbocycles. The van der Waals surface area contributed by atoms with E-state index >= 15 is 0 Å². The number of rotatable bonds is 0. The van der Waals surface area contributed by atoms with Gasteiger partial charge in [-0.25, -0.2) is 0 Å². The van der Waals surface area contributed by atoms with Crippen LogP contribution in [-0.2, 0) is 20.1 Å². The molecule has 0 aromatic carbocycles. The SMILES string of the molecule is CC1=[C-]C(=C2[N-]C(C)=C(C)N2C)C(C)=C(C)C1C.[2HH].[2HH].[CH3-].[CH3-].[Ir]. The molecular formula is C18H32IrN2-4. The minimum Gasteiger partial charge on any atom is -0.504 e. The van der Waals surface area contributed by atoms with Crippen LogP contribution in [0.25, 0.3) is 5.32 Å². The number of nitrogens with zero attached hydrogens (tertiary/aromatic N) is 2. The molecule has 3 heteroatoms. The van der Waals surface area contributed by atoms with Crippen LogP contribution in [0, 0.1) is 26.8 Å². The molecule has 1 heterocycles. The van der Waals surface area contributed by atoms with Gasteiger partial charge in [-0.1, -0.05) is 46.1 Å². The van der Waals surface area contributed by atoms with Crippen molar-refractivity contribution in [2.24, 2.45) is 5.92 Å². The Balaban J connectivity index is -0.000000361. The molecule has 0 fully saturated rings. The molecule has 0 aromatic rings. The van der Waals surface area contributed by atoms with Crippen molar-refractivity contribution in [3.8, 4) is 0 Å². The predicted molar refractivity (Wildman–Crippen MR) is 93.5 cm³/mol. The van der Waals surface area contributed by atoms with Crippen molar-refractivity contribution in [2.75, 3.05) is 7.05 Å². The molecule has 1 aliphatic heterocycles. The van der Waals surface area contributed by atoms with Crippen molar-refractivity contribution in [1.82, 2.24) is 4.90 Å². The van der Waals surface area contributed by atoms with E-state index in [2.05, 4.69) is 59.6 Å². The molecule has 0 spiro atoms. The van der Waals surface area contributed by atoms with Crippen LogP contribution in [0.4, 0.5) is 0 Å². The van der Waals surface area contributed by atoms with E-state index in [9.17, 15) is 0 Å². The van der Waals surface area contributed by atoms with E-state index in [0.29, 0.717) is 5.92 Å². The van der Waals surface area contributed by atoms with E-state index in [1.807, 2.05) is 0 Å². The summed E-state index contributed by atoms with van der Waals surface area (Å²) >= 11 is 0. The van der Waals surface area contributed by atoms with Crippen molar-refractivity contribution in [1.29, 1.82) is 0 Å². The molecule has 1 aliphatic carbocycles. The van der Waals surface area contributed by atoms with Crippen LogP contribution < -0.4 is 0 Å². The first-order valence-corrected chi connectivity index (χ1v) is 6.50.